The van der Waals surface area contributed by atoms with Gasteiger partial charge in [-0.25, -0.2) is 0 Å². The molecule has 0 aromatic carbocycles. The van der Waals surface area contributed by atoms with Crippen LogP contribution in [0.1, 0.15) is 39.5 Å². The topological polar surface area (TPSA) is 66.9 Å². The van der Waals surface area contributed by atoms with Crippen molar-refractivity contribution in [2.45, 2.75) is 39.5 Å². The van der Waals surface area contributed by atoms with Crippen molar-refractivity contribution < 1.29 is 17.9 Å². The first kappa shape index (κ1) is 17.4. The first-order valence-corrected chi connectivity index (χ1v) is 8.71. The van der Waals surface area contributed by atoms with E-state index in [0.29, 0.717) is 32.5 Å². The van der Waals surface area contributed by atoms with E-state index >= 15 is 0 Å². The zero-order valence-corrected chi connectivity index (χ0v) is 13.5. The van der Waals surface area contributed by atoms with Crippen LogP contribution < -0.4 is 0 Å². The summed E-state index contributed by atoms with van der Waals surface area (Å²) < 4.78 is 32.6. The lowest BCUT2D eigenvalue weighted by Gasteiger charge is -2.33. The molecule has 0 aromatic rings. The predicted molar refractivity (Wildman–Crippen MR) is 77.4 cm³/mol. The van der Waals surface area contributed by atoms with Gasteiger partial charge in [-0.2, -0.15) is 17.0 Å². The number of carbonyl (C=O) groups is 1. The zero-order chi connectivity index (χ0) is 15.2. The molecule has 0 amide bonds. The van der Waals surface area contributed by atoms with Crippen molar-refractivity contribution >= 4 is 16.2 Å². The molecule has 20 heavy (non-hydrogen) atoms. The summed E-state index contributed by atoms with van der Waals surface area (Å²) in [6.45, 7) is 5.34. The molecule has 6 nitrogen and oxygen atoms in total. The van der Waals surface area contributed by atoms with Gasteiger partial charge in [0, 0.05) is 26.7 Å². The Morgan fingerprint density at radius 2 is 2.10 bits per heavy atom. The molecular formula is C13H26N2O4S. The number of unbranched alkanes of at least 4 members (excludes halogenated alkanes) is 1. The van der Waals surface area contributed by atoms with Crippen LogP contribution in [0.15, 0.2) is 0 Å². The Morgan fingerprint density at radius 3 is 2.70 bits per heavy atom. The van der Waals surface area contributed by atoms with Crippen molar-refractivity contribution in [1.29, 1.82) is 0 Å². The molecule has 118 valence electrons. The fraction of sp³-hybridized carbons (Fsp3) is 0.923. The van der Waals surface area contributed by atoms with E-state index in [0.717, 1.165) is 12.8 Å². The van der Waals surface area contributed by atoms with Crippen molar-refractivity contribution in [3.63, 3.8) is 0 Å². The van der Waals surface area contributed by atoms with E-state index in [-0.39, 0.29) is 18.4 Å². The van der Waals surface area contributed by atoms with E-state index in [9.17, 15) is 13.2 Å². The van der Waals surface area contributed by atoms with Crippen LogP contribution in [-0.2, 0) is 19.7 Å². The van der Waals surface area contributed by atoms with Gasteiger partial charge in [-0.05, 0) is 26.2 Å². The molecule has 1 aliphatic heterocycles. The van der Waals surface area contributed by atoms with Crippen LogP contribution in [0, 0.1) is 5.92 Å². The Morgan fingerprint density at radius 1 is 1.40 bits per heavy atom. The van der Waals surface area contributed by atoms with Gasteiger partial charge in [0.15, 0.2) is 0 Å². The van der Waals surface area contributed by atoms with Gasteiger partial charge in [0.05, 0.1) is 12.5 Å². The van der Waals surface area contributed by atoms with Crippen molar-refractivity contribution in [2.75, 3.05) is 33.3 Å². The van der Waals surface area contributed by atoms with Crippen LogP contribution in [-0.4, -0.2) is 56.3 Å². The SMILES string of the molecule is CCCCN(C)S(=O)(=O)N1CCC[C@@H](C(=O)OCC)C1. The predicted octanol–water partition coefficient (Wildman–Crippen LogP) is 1.24. The number of esters is 1. The smallest absolute Gasteiger partial charge is 0.310 e. The largest absolute Gasteiger partial charge is 0.466 e. The fourth-order valence-electron chi connectivity index (χ4n) is 2.30. The number of carbonyl (C=O) groups excluding carboxylic acids is 1. The Bertz CT molecular complexity index is 411. The summed E-state index contributed by atoms with van der Waals surface area (Å²) in [4.78, 5) is 11.8. The van der Waals surface area contributed by atoms with Gasteiger partial charge in [-0.3, -0.25) is 4.79 Å². The number of hydrogen-bond acceptors (Lipinski definition) is 4. The van der Waals surface area contributed by atoms with Crippen LogP contribution in [0.2, 0.25) is 0 Å². The van der Waals surface area contributed by atoms with Gasteiger partial charge in [-0.15, -0.1) is 0 Å². The van der Waals surface area contributed by atoms with Crippen LogP contribution in [0.4, 0.5) is 0 Å². The summed E-state index contributed by atoms with van der Waals surface area (Å²) in [6, 6.07) is 0. The highest BCUT2D eigenvalue weighted by molar-refractivity contribution is 7.86. The lowest BCUT2D eigenvalue weighted by Crippen LogP contribution is -2.48. The molecule has 0 saturated carbocycles. The van der Waals surface area contributed by atoms with Crippen LogP contribution in [0.25, 0.3) is 0 Å². The van der Waals surface area contributed by atoms with Gasteiger partial charge in [0.1, 0.15) is 0 Å². The highest BCUT2D eigenvalue weighted by Gasteiger charge is 2.34. The first-order chi connectivity index (χ1) is 9.43. The third-order valence-electron chi connectivity index (χ3n) is 3.55. The Labute approximate surface area is 122 Å². The molecule has 0 unspecified atom stereocenters. The average Bonchev–Trinajstić information content (AvgIpc) is 2.45. The summed E-state index contributed by atoms with van der Waals surface area (Å²) in [5.74, 6) is -0.623. The second-order valence-electron chi connectivity index (χ2n) is 5.13. The third-order valence-corrected chi connectivity index (χ3v) is 5.51. The van der Waals surface area contributed by atoms with Crippen molar-refractivity contribution in [3.05, 3.63) is 0 Å². The molecule has 1 heterocycles. The minimum atomic E-state index is -3.46. The van der Waals surface area contributed by atoms with E-state index in [1.807, 2.05) is 6.92 Å². The molecule has 1 atom stereocenters. The fourth-order valence-corrected chi connectivity index (χ4v) is 3.78. The second kappa shape index (κ2) is 7.95. The molecule has 0 spiro atoms. The van der Waals surface area contributed by atoms with Crippen molar-refractivity contribution in [2.24, 2.45) is 5.92 Å². The maximum absolute atomic E-state index is 12.4. The van der Waals surface area contributed by atoms with Gasteiger partial charge >= 0.3 is 5.97 Å². The molecule has 0 radical (unpaired) electrons. The van der Waals surface area contributed by atoms with Gasteiger partial charge < -0.3 is 4.74 Å². The number of hydrogen-bond donors (Lipinski definition) is 0. The molecule has 7 heteroatoms. The quantitative estimate of drug-likeness (QED) is 0.664. The molecule has 0 aliphatic carbocycles. The number of ether oxygens (including phenoxy) is 1. The summed E-state index contributed by atoms with van der Waals surface area (Å²) >= 11 is 0. The standard InChI is InChI=1S/C13H26N2O4S/c1-4-6-9-14(3)20(17,18)15-10-7-8-12(11-15)13(16)19-5-2/h12H,4-11H2,1-3H3/t12-/m1/s1. The molecule has 0 bridgehead atoms. The van der Waals surface area contributed by atoms with E-state index in [4.69, 9.17) is 4.74 Å². The average molecular weight is 306 g/mol. The van der Waals surface area contributed by atoms with Gasteiger partial charge in [0.25, 0.3) is 10.2 Å². The lowest BCUT2D eigenvalue weighted by molar-refractivity contribution is -0.149. The van der Waals surface area contributed by atoms with Crippen LogP contribution in [0.5, 0.6) is 0 Å². The molecular weight excluding hydrogens is 280 g/mol. The summed E-state index contributed by atoms with van der Waals surface area (Å²) in [7, 11) is -1.86. The molecule has 1 aliphatic rings. The van der Waals surface area contributed by atoms with E-state index in [1.165, 1.54) is 8.61 Å². The molecule has 1 fully saturated rings. The monoisotopic (exact) mass is 306 g/mol. The first-order valence-electron chi connectivity index (χ1n) is 7.31. The maximum Gasteiger partial charge on any atom is 0.310 e. The molecule has 1 saturated heterocycles. The van der Waals surface area contributed by atoms with Crippen LogP contribution >= 0.6 is 0 Å². The molecule has 0 aromatic heterocycles. The zero-order valence-electron chi connectivity index (χ0n) is 12.7. The van der Waals surface area contributed by atoms with Crippen molar-refractivity contribution in [1.82, 2.24) is 8.61 Å². The second-order valence-corrected chi connectivity index (χ2v) is 7.17. The number of nitrogens with zero attached hydrogens (tertiary/aromatic N) is 2. The normalized spacial score (nSPS) is 21.1. The van der Waals surface area contributed by atoms with Crippen molar-refractivity contribution in [3.8, 4) is 0 Å². The Balaban J connectivity index is 2.67. The van der Waals surface area contributed by atoms with Gasteiger partial charge in [-0.1, -0.05) is 13.3 Å². The minimum Gasteiger partial charge on any atom is -0.466 e. The molecule has 0 N–H and O–H groups in total. The summed E-state index contributed by atoms with van der Waals surface area (Å²) in [6.07, 6.45) is 3.18. The van der Waals surface area contributed by atoms with E-state index in [1.54, 1.807) is 14.0 Å². The van der Waals surface area contributed by atoms with Gasteiger partial charge in [0.2, 0.25) is 0 Å². The Kier molecular flexibility index (Phi) is 6.91. The lowest BCUT2D eigenvalue weighted by atomic mass is 10.0. The highest BCUT2D eigenvalue weighted by atomic mass is 32.2. The number of piperidine rings is 1. The maximum atomic E-state index is 12.4. The van der Waals surface area contributed by atoms with Crippen LogP contribution in [0.3, 0.4) is 0 Å². The third kappa shape index (κ3) is 4.43. The van der Waals surface area contributed by atoms with E-state index < -0.39 is 10.2 Å². The Hall–Kier alpha value is -0.660. The molecule has 1 rings (SSSR count). The highest BCUT2D eigenvalue weighted by Crippen LogP contribution is 2.21. The summed E-state index contributed by atoms with van der Waals surface area (Å²) in [5, 5.41) is 0. The summed E-state index contributed by atoms with van der Waals surface area (Å²) in [5.41, 5.74) is 0. The number of rotatable bonds is 7. The minimum absolute atomic E-state index is 0.234. The van der Waals surface area contributed by atoms with E-state index in [2.05, 4.69) is 0 Å².